The van der Waals surface area contributed by atoms with Gasteiger partial charge in [0.05, 0.1) is 23.9 Å². The zero-order valence-corrected chi connectivity index (χ0v) is 58.0. The maximum atomic E-state index is 10.6. The first kappa shape index (κ1) is 80.7. The van der Waals surface area contributed by atoms with Crippen LogP contribution in [-0.2, 0) is 25.7 Å². The Morgan fingerprint density at radius 3 is 0.447 bits per heavy atom. The molecule has 85 heavy (non-hydrogen) atoms. The van der Waals surface area contributed by atoms with Gasteiger partial charge in [-0.15, -0.1) is 0 Å². The van der Waals surface area contributed by atoms with E-state index in [1.807, 2.05) is 48.5 Å². The fourth-order valence-corrected chi connectivity index (χ4v) is 10.5. The molecule has 4 rings (SSSR count). The van der Waals surface area contributed by atoms with Gasteiger partial charge >= 0.3 is 0 Å². The van der Waals surface area contributed by atoms with E-state index in [-0.39, 0.29) is 49.6 Å². The molecular weight excluding hydrogens is 1250 g/mol. The molecule has 0 unspecified atom stereocenters. The van der Waals surface area contributed by atoms with Crippen molar-refractivity contribution in [3.8, 4) is 0 Å². The molecule has 0 amide bonds. The van der Waals surface area contributed by atoms with Crippen LogP contribution in [0.15, 0.2) is 97.1 Å². The first-order valence-corrected chi connectivity index (χ1v) is 34.2. The van der Waals surface area contributed by atoms with Crippen LogP contribution in [0, 0.1) is 0 Å². The number of carbonyl (C=O) groups excluding carboxylic acids is 4. The molecule has 0 aromatic heterocycles. The Kier molecular flexibility index (Phi) is 55.7. The van der Waals surface area contributed by atoms with Crippen LogP contribution in [-0.4, -0.2) is 51.2 Å². The van der Waals surface area contributed by atoms with Crippen LogP contribution in [0.1, 0.15) is 348 Å². The number of carboxylic acid groups (broad SMARTS) is 4. The van der Waals surface area contributed by atoms with Gasteiger partial charge < -0.3 is 39.6 Å². The molecule has 4 aromatic rings. The molecule has 0 spiro atoms. The molecule has 0 N–H and O–H groups in total. The van der Waals surface area contributed by atoms with Crippen molar-refractivity contribution in [2.45, 2.75) is 310 Å². The molecule has 0 saturated carbocycles. The number of benzene rings is 4. The largest absolute Gasteiger partial charge is 0.545 e. The predicted octanol–water partition coefficient (Wildman–Crippen LogP) is 17.7. The average molecular weight is 1360 g/mol. The molecule has 0 bridgehead atoms. The number of unbranched alkanes of at least 4 members (excludes halogenated alkanes) is 36. The van der Waals surface area contributed by atoms with E-state index < -0.39 is 23.9 Å². The summed E-state index contributed by atoms with van der Waals surface area (Å²) in [6.07, 6.45) is 57.9. The quantitative estimate of drug-likeness (QED) is 0.0312. The molecule has 4 radical (unpaired) electrons. The van der Waals surface area contributed by atoms with Crippen LogP contribution in [0.2, 0.25) is 0 Å². The maximum absolute atomic E-state index is 10.6. The van der Waals surface area contributed by atoms with Gasteiger partial charge in [-0.1, -0.05) is 356 Å². The summed E-state index contributed by atoms with van der Waals surface area (Å²) in [5, 5.41) is 42.6. The molecule has 476 valence electrons. The second kappa shape index (κ2) is 58.7. The smallest absolute Gasteiger partial charge is 0.0715 e. The van der Waals surface area contributed by atoms with Crippen molar-refractivity contribution in [3.05, 3.63) is 142 Å². The number of hydrogen-bond donors (Lipinski definition) is 0. The Balaban J connectivity index is 0.00000110. The van der Waals surface area contributed by atoms with Crippen LogP contribution >= 0.6 is 0 Å². The van der Waals surface area contributed by atoms with E-state index in [4.69, 9.17) is 0 Å². The van der Waals surface area contributed by atoms with E-state index in [0.717, 1.165) is 25.7 Å². The van der Waals surface area contributed by atoms with Gasteiger partial charge in [0, 0.05) is 27.3 Å². The van der Waals surface area contributed by atoms with Crippen molar-refractivity contribution in [2.24, 2.45) is 0 Å². The monoisotopic (exact) mass is 1360 g/mol. The summed E-state index contributed by atoms with van der Waals surface area (Å²) >= 11 is 0. The Morgan fingerprint density at radius 1 is 0.212 bits per heavy atom. The minimum absolute atomic E-state index is 0. The van der Waals surface area contributed by atoms with Gasteiger partial charge in [0.15, 0.2) is 0 Å². The van der Waals surface area contributed by atoms with Gasteiger partial charge in [0.2, 0.25) is 0 Å². The minimum atomic E-state index is -1.10. The van der Waals surface area contributed by atoms with E-state index in [9.17, 15) is 39.6 Å². The first-order valence-electron chi connectivity index (χ1n) is 34.2. The third-order valence-corrected chi connectivity index (χ3v) is 16.0. The summed E-state index contributed by atoms with van der Waals surface area (Å²) in [7, 11) is 0. The van der Waals surface area contributed by atoms with Gasteiger partial charge in [-0.3, -0.25) is 0 Å². The number of carboxylic acids is 4. The van der Waals surface area contributed by atoms with Crippen molar-refractivity contribution < 1.29 is 39.6 Å². The Labute approximate surface area is 539 Å². The number of hydrogen-bond acceptors (Lipinski definition) is 8. The molecule has 8 nitrogen and oxygen atoms in total. The molecule has 0 saturated heterocycles. The minimum Gasteiger partial charge on any atom is -0.545 e. The van der Waals surface area contributed by atoms with Crippen LogP contribution in [0.25, 0.3) is 0 Å². The first-order chi connectivity index (χ1) is 40.9. The Hall–Kier alpha value is -4.32. The summed E-state index contributed by atoms with van der Waals surface area (Å²) in [5.74, 6) is -4.39. The summed E-state index contributed by atoms with van der Waals surface area (Å²) in [4.78, 5) is 42.6. The Bertz CT molecular complexity index is 1840. The van der Waals surface area contributed by atoms with Crippen molar-refractivity contribution in [1.29, 1.82) is 0 Å². The maximum Gasteiger partial charge on any atom is 0.0715 e. The van der Waals surface area contributed by atoms with Gasteiger partial charge in [-0.25, -0.2) is 0 Å². The third-order valence-electron chi connectivity index (χ3n) is 16.0. The Morgan fingerprint density at radius 2 is 0.329 bits per heavy atom. The summed E-state index contributed by atoms with van der Waals surface area (Å²) in [6, 6.07) is 28.3. The second-order valence-corrected chi connectivity index (χ2v) is 23.7. The van der Waals surface area contributed by atoms with Crippen LogP contribution in [0.5, 0.6) is 0 Å². The molecule has 0 heterocycles. The standard InChI is InChI=1S/4C19H30O2.Pb/c4*1-2-3-4-5-6-7-8-9-10-11-12-17-13-15-18(16-14-17)19(20)21;/h4*13-16H,2-12H2,1H3,(H,20,21);/p-4. The molecule has 0 aliphatic carbocycles. The SMILES string of the molecule is CCCCCCCCCCCCc1ccc(C(=O)[O-])cc1.CCCCCCCCCCCCc1ccc(C(=O)[O-])cc1.CCCCCCCCCCCCc1ccc(C(=O)[O-])cc1.CCCCCCCCCCCCc1ccc(C(=O)[O-])cc1.[Pb]. The van der Waals surface area contributed by atoms with Crippen molar-refractivity contribution in [1.82, 2.24) is 0 Å². The van der Waals surface area contributed by atoms with Crippen molar-refractivity contribution in [3.63, 3.8) is 0 Å². The molecule has 0 fully saturated rings. The van der Waals surface area contributed by atoms with E-state index in [1.54, 1.807) is 48.5 Å². The summed E-state index contributed by atoms with van der Waals surface area (Å²) in [6.45, 7) is 9.02. The van der Waals surface area contributed by atoms with E-state index >= 15 is 0 Å². The van der Waals surface area contributed by atoms with Crippen LogP contribution in [0.3, 0.4) is 0 Å². The van der Waals surface area contributed by atoms with Crippen molar-refractivity contribution >= 4 is 51.2 Å². The zero-order valence-electron chi connectivity index (χ0n) is 54.1. The molecular formula is C76H116O8Pb-4. The number of carbonyl (C=O) groups is 4. The third kappa shape index (κ3) is 48.4. The average Bonchev–Trinajstić information content (AvgIpc) is 3.53. The van der Waals surface area contributed by atoms with Gasteiger partial charge in [-0.05, 0) is 95.9 Å². The van der Waals surface area contributed by atoms with E-state index in [2.05, 4.69) is 27.7 Å². The molecule has 0 atom stereocenters. The zero-order chi connectivity index (χ0) is 61.4. The normalized spacial score (nSPS) is 10.6. The van der Waals surface area contributed by atoms with Crippen molar-refractivity contribution in [2.75, 3.05) is 0 Å². The second-order valence-electron chi connectivity index (χ2n) is 23.7. The molecule has 0 aliphatic heterocycles. The van der Waals surface area contributed by atoms with E-state index in [1.165, 1.54) is 279 Å². The topological polar surface area (TPSA) is 161 Å². The molecule has 0 aliphatic rings. The van der Waals surface area contributed by atoms with Gasteiger partial charge in [-0.2, -0.15) is 0 Å². The number of rotatable bonds is 48. The summed E-state index contributed by atoms with van der Waals surface area (Å²) in [5.41, 5.74) is 5.95. The fourth-order valence-electron chi connectivity index (χ4n) is 10.5. The van der Waals surface area contributed by atoms with Gasteiger partial charge in [0.1, 0.15) is 0 Å². The predicted molar refractivity (Wildman–Crippen MR) is 351 cm³/mol. The van der Waals surface area contributed by atoms with E-state index in [0.29, 0.717) is 0 Å². The fraction of sp³-hybridized carbons (Fsp3) is 0.632. The number of aromatic carboxylic acids is 4. The van der Waals surface area contributed by atoms with Crippen LogP contribution in [0.4, 0.5) is 0 Å². The summed E-state index contributed by atoms with van der Waals surface area (Å²) < 4.78 is 0. The molecule has 9 heteroatoms. The van der Waals surface area contributed by atoms with Crippen LogP contribution < -0.4 is 20.4 Å². The molecule has 4 aromatic carbocycles. The number of aryl methyl sites for hydroxylation is 4. The van der Waals surface area contributed by atoms with Gasteiger partial charge in [0.25, 0.3) is 0 Å².